The van der Waals surface area contributed by atoms with Crippen molar-refractivity contribution in [3.05, 3.63) is 65.7 Å². The standard InChI is InChI=1S/C15H12ClNO/c16-14-12-8-4-5-9-13(12)17(15(14)18)10-11-6-2-1-3-7-11/h1-9,14H,10H2. The van der Waals surface area contributed by atoms with Crippen LogP contribution in [0, 0.1) is 0 Å². The van der Waals surface area contributed by atoms with Crippen LogP contribution in [-0.2, 0) is 11.3 Å². The van der Waals surface area contributed by atoms with Gasteiger partial charge in [-0.15, -0.1) is 11.6 Å². The fourth-order valence-electron chi connectivity index (χ4n) is 2.27. The Bertz CT molecular complexity index is 582. The van der Waals surface area contributed by atoms with Gasteiger partial charge in [-0.1, -0.05) is 48.5 Å². The van der Waals surface area contributed by atoms with Gasteiger partial charge in [-0.25, -0.2) is 0 Å². The molecule has 1 heterocycles. The fourth-order valence-corrected chi connectivity index (χ4v) is 2.57. The second-order valence-electron chi connectivity index (χ2n) is 4.33. The zero-order chi connectivity index (χ0) is 12.5. The van der Waals surface area contributed by atoms with Gasteiger partial charge in [0.2, 0.25) is 5.91 Å². The maximum absolute atomic E-state index is 12.2. The van der Waals surface area contributed by atoms with Gasteiger partial charge in [-0.3, -0.25) is 4.79 Å². The molecular formula is C15H12ClNO. The molecule has 0 aromatic heterocycles. The topological polar surface area (TPSA) is 20.3 Å². The molecule has 0 saturated carbocycles. The Balaban J connectivity index is 1.96. The van der Waals surface area contributed by atoms with Crippen molar-refractivity contribution < 1.29 is 4.79 Å². The Labute approximate surface area is 111 Å². The monoisotopic (exact) mass is 257 g/mol. The Kier molecular flexibility index (Phi) is 2.80. The molecule has 3 heteroatoms. The quantitative estimate of drug-likeness (QED) is 0.754. The van der Waals surface area contributed by atoms with Crippen molar-refractivity contribution in [2.75, 3.05) is 4.90 Å². The SMILES string of the molecule is O=C1C(Cl)c2ccccc2N1Cc1ccccc1. The Hall–Kier alpha value is -1.80. The van der Waals surface area contributed by atoms with Crippen LogP contribution < -0.4 is 4.90 Å². The summed E-state index contributed by atoms with van der Waals surface area (Å²) in [6.45, 7) is 0.569. The highest BCUT2D eigenvalue weighted by atomic mass is 35.5. The molecule has 0 bridgehead atoms. The van der Waals surface area contributed by atoms with E-state index >= 15 is 0 Å². The molecule has 3 rings (SSSR count). The molecule has 1 aliphatic heterocycles. The fraction of sp³-hybridized carbons (Fsp3) is 0.133. The van der Waals surface area contributed by atoms with E-state index in [1.165, 1.54) is 0 Å². The molecule has 1 atom stereocenters. The van der Waals surface area contributed by atoms with Crippen LogP contribution in [-0.4, -0.2) is 5.91 Å². The van der Waals surface area contributed by atoms with Crippen LogP contribution in [0.3, 0.4) is 0 Å². The van der Waals surface area contributed by atoms with Gasteiger partial charge in [0.15, 0.2) is 0 Å². The second kappa shape index (κ2) is 4.46. The number of carbonyl (C=O) groups is 1. The summed E-state index contributed by atoms with van der Waals surface area (Å²) in [6.07, 6.45) is 0. The third-order valence-electron chi connectivity index (χ3n) is 3.17. The lowest BCUT2D eigenvalue weighted by molar-refractivity contribution is -0.117. The first-order chi connectivity index (χ1) is 8.77. The third kappa shape index (κ3) is 1.79. The van der Waals surface area contributed by atoms with Gasteiger partial charge in [0.05, 0.1) is 6.54 Å². The normalized spacial score (nSPS) is 17.9. The van der Waals surface area contributed by atoms with E-state index in [9.17, 15) is 4.79 Å². The number of fused-ring (bicyclic) bond motifs is 1. The second-order valence-corrected chi connectivity index (χ2v) is 4.77. The summed E-state index contributed by atoms with van der Waals surface area (Å²) >= 11 is 6.16. The molecule has 0 spiro atoms. The number of halogens is 1. The van der Waals surface area contributed by atoms with Gasteiger partial charge in [-0.2, -0.15) is 0 Å². The van der Waals surface area contributed by atoms with Gasteiger partial charge >= 0.3 is 0 Å². The molecule has 90 valence electrons. The van der Waals surface area contributed by atoms with Crippen molar-refractivity contribution in [3.8, 4) is 0 Å². The minimum atomic E-state index is -0.551. The summed E-state index contributed by atoms with van der Waals surface area (Å²) in [5.41, 5.74) is 2.93. The van der Waals surface area contributed by atoms with Crippen LogP contribution in [0.4, 0.5) is 5.69 Å². The number of para-hydroxylation sites is 1. The summed E-state index contributed by atoms with van der Waals surface area (Å²) in [4.78, 5) is 13.9. The lowest BCUT2D eigenvalue weighted by Crippen LogP contribution is -2.26. The molecule has 1 aliphatic rings. The lowest BCUT2D eigenvalue weighted by Gasteiger charge is -2.17. The molecule has 2 nitrogen and oxygen atoms in total. The summed E-state index contributed by atoms with van der Waals surface area (Å²) < 4.78 is 0. The summed E-state index contributed by atoms with van der Waals surface area (Å²) in [7, 11) is 0. The number of hydrogen-bond donors (Lipinski definition) is 0. The molecule has 18 heavy (non-hydrogen) atoms. The van der Waals surface area contributed by atoms with Crippen molar-refractivity contribution >= 4 is 23.2 Å². The molecule has 0 N–H and O–H groups in total. The van der Waals surface area contributed by atoms with Crippen LogP contribution in [0.15, 0.2) is 54.6 Å². The molecule has 1 amide bonds. The average Bonchev–Trinajstić information content (AvgIpc) is 2.66. The predicted octanol–water partition coefficient (Wildman–Crippen LogP) is 3.51. The van der Waals surface area contributed by atoms with Crippen molar-refractivity contribution in [3.63, 3.8) is 0 Å². The largest absolute Gasteiger partial charge is 0.306 e. The minimum Gasteiger partial charge on any atom is -0.306 e. The number of amides is 1. The van der Waals surface area contributed by atoms with Crippen molar-refractivity contribution in [1.29, 1.82) is 0 Å². The van der Waals surface area contributed by atoms with Gasteiger partial charge in [0.1, 0.15) is 5.38 Å². The van der Waals surface area contributed by atoms with Crippen LogP contribution >= 0.6 is 11.6 Å². The third-order valence-corrected chi connectivity index (χ3v) is 3.59. The van der Waals surface area contributed by atoms with E-state index in [0.717, 1.165) is 16.8 Å². The van der Waals surface area contributed by atoms with Crippen LogP contribution in [0.2, 0.25) is 0 Å². The number of rotatable bonds is 2. The molecule has 0 fully saturated rings. The Morgan fingerprint density at radius 2 is 1.67 bits per heavy atom. The lowest BCUT2D eigenvalue weighted by atomic mass is 10.1. The number of alkyl halides is 1. The first-order valence-electron chi connectivity index (χ1n) is 5.85. The van der Waals surface area contributed by atoms with Crippen LogP contribution in [0.1, 0.15) is 16.5 Å². The van der Waals surface area contributed by atoms with E-state index < -0.39 is 5.38 Å². The minimum absolute atomic E-state index is 0.0401. The van der Waals surface area contributed by atoms with E-state index in [4.69, 9.17) is 11.6 Å². The average molecular weight is 258 g/mol. The highest BCUT2D eigenvalue weighted by molar-refractivity contribution is 6.35. The number of nitrogens with zero attached hydrogens (tertiary/aromatic N) is 1. The van der Waals surface area contributed by atoms with Crippen molar-refractivity contribution in [2.24, 2.45) is 0 Å². The van der Waals surface area contributed by atoms with E-state index in [1.54, 1.807) is 4.90 Å². The van der Waals surface area contributed by atoms with Gasteiger partial charge in [-0.05, 0) is 11.6 Å². The maximum Gasteiger partial charge on any atom is 0.249 e. The molecule has 2 aromatic carbocycles. The van der Waals surface area contributed by atoms with E-state index in [0.29, 0.717) is 6.54 Å². The smallest absolute Gasteiger partial charge is 0.249 e. The van der Waals surface area contributed by atoms with Gasteiger partial charge in [0, 0.05) is 11.3 Å². The number of benzene rings is 2. The summed E-state index contributed by atoms with van der Waals surface area (Å²) in [6, 6.07) is 17.6. The molecule has 2 aromatic rings. The zero-order valence-electron chi connectivity index (χ0n) is 9.71. The zero-order valence-corrected chi connectivity index (χ0v) is 10.5. The summed E-state index contributed by atoms with van der Waals surface area (Å²) in [5.74, 6) is -0.0401. The maximum atomic E-state index is 12.2. The molecular weight excluding hydrogens is 246 g/mol. The highest BCUT2D eigenvalue weighted by Gasteiger charge is 2.35. The Morgan fingerprint density at radius 1 is 1.00 bits per heavy atom. The number of carbonyl (C=O) groups excluding carboxylic acids is 1. The predicted molar refractivity (Wildman–Crippen MR) is 72.7 cm³/mol. The molecule has 0 saturated heterocycles. The molecule has 0 aliphatic carbocycles. The van der Waals surface area contributed by atoms with E-state index in [1.807, 2.05) is 54.6 Å². The van der Waals surface area contributed by atoms with Gasteiger partial charge in [0.25, 0.3) is 0 Å². The molecule has 1 unspecified atom stereocenters. The highest BCUT2D eigenvalue weighted by Crippen LogP contribution is 2.40. The van der Waals surface area contributed by atoms with Crippen molar-refractivity contribution in [2.45, 2.75) is 11.9 Å². The first kappa shape index (κ1) is 11.3. The number of hydrogen-bond acceptors (Lipinski definition) is 1. The van der Waals surface area contributed by atoms with E-state index in [2.05, 4.69) is 0 Å². The summed E-state index contributed by atoms with van der Waals surface area (Å²) in [5, 5.41) is -0.551. The van der Waals surface area contributed by atoms with Gasteiger partial charge < -0.3 is 4.90 Å². The number of anilines is 1. The van der Waals surface area contributed by atoms with E-state index in [-0.39, 0.29) is 5.91 Å². The van der Waals surface area contributed by atoms with Crippen LogP contribution in [0.25, 0.3) is 0 Å². The first-order valence-corrected chi connectivity index (χ1v) is 6.29. The Morgan fingerprint density at radius 3 is 2.44 bits per heavy atom. The van der Waals surface area contributed by atoms with Crippen LogP contribution in [0.5, 0.6) is 0 Å². The van der Waals surface area contributed by atoms with Crippen molar-refractivity contribution in [1.82, 2.24) is 0 Å². The molecule has 0 radical (unpaired) electrons.